The van der Waals surface area contributed by atoms with Gasteiger partial charge in [-0.05, 0) is 37.1 Å². The molecule has 0 saturated heterocycles. The number of anilines is 2. The van der Waals surface area contributed by atoms with Crippen LogP contribution in [0.4, 0.5) is 11.4 Å². The summed E-state index contributed by atoms with van der Waals surface area (Å²) in [6.07, 6.45) is 1.62. The molecule has 1 aromatic rings. The summed E-state index contributed by atoms with van der Waals surface area (Å²) in [6.45, 7) is 6.50. The van der Waals surface area contributed by atoms with Crippen molar-refractivity contribution in [2.24, 2.45) is 0 Å². The maximum absolute atomic E-state index is 12.1. The van der Waals surface area contributed by atoms with Gasteiger partial charge >= 0.3 is 11.8 Å². The molecule has 0 atom stereocenters. The normalized spacial score (nSPS) is 9.95. The van der Waals surface area contributed by atoms with Crippen molar-refractivity contribution in [2.45, 2.75) is 33.6 Å². The molecule has 2 N–H and O–H groups in total. The minimum absolute atomic E-state index is 0.165. The van der Waals surface area contributed by atoms with Gasteiger partial charge in [-0.15, -0.1) is 0 Å². The van der Waals surface area contributed by atoms with E-state index in [-0.39, 0.29) is 5.91 Å². The van der Waals surface area contributed by atoms with E-state index < -0.39 is 11.8 Å². The molecule has 0 heterocycles. The smallest absolute Gasteiger partial charge is 0.313 e. The lowest BCUT2D eigenvalue weighted by Gasteiger charge is -2.20. The highest BCUT2D eigenvalue weighted by molar-refractivity contribution is 6.39. The lowest BCUT2D eigenvalue weighted by atomic mass is 10.2. The summed E-state index contributed by atoms with van der Waals surface area (Å²) in [5, 5.41) is 5.21. The van der Waals surface area contributed by atoms with E-state index in [9.17, 15) is 14.4 Å². The molecule has 1 rings (SSSR count). The van der Waals surface area contributed by atoms with E-state index in [2.05, 4.69) is 10.6 Å². The molecule has 0 aliphatic heterocycles. The van der Waals surface area contributed by atoms with Gasteiger partial charge in [-0.1, -0.05) is 13.8 Å². The number of carbonyl (C=O) groups is 3. The molecule has 0 bridgehead atoms. The monoisotopic (exact) mass is 305 g/mol. The molecule has 0 spiro atoms. The van der Waals surface area contributed by atoms with Crippen LogP contribution in [0.25, 0.3) is 0 Å². The molecule has 120 valence electrons. The lowest BCUT2D eigenvalue weighted by Crippen LogP contribution is -2.40. The standard InChI is InChI=1S/C16H23N3O3/c1-4-10-19(11-5-2)16(22)15(21)18-14-8-6-13(7-9-14)17-12(3)20/h6-9H,4-5,10-11H2,1-3H3,(H,17,20)(H,18,21). The largest absolute Gasteiger partial charge is 0.334 e. The molecule has 0 aromatic heterocycles. The number of rotatable bonds is 6. The third-order valence-electron chi connectivity index (χ3n) is 2.93. The van der Waals surface area contributed by atoms with Crippen molar-refractivity contribution < 1.29 is 14.4 Å². The first kappa shape index (κ1) is 17.7. The summed E-state index contributed by atoms with van der Waals surface area (Å²) in [4.78, 5) is 36.6. The molecule has 0 unspecified atom stereocenters. The predicted molar refractivity (Wildman–Crippen MR) is 86.5 cm³/mol. The first-order valence-corrected chi connectivity index (χ1v) is 7.45. The molecule has 22 heavy (non-hydrogen) atoms. The van der Waals surface area contributed by atoms with Crippen LogP contribution in [0.5, 0.6) is 0 Å². The average molecular weight is 305 g/mol. The first-order valence-electron chi connectivity index (χ1n) is 7.45. The van der Waals surface area contributed by atoms with Crippen molar-refractivity contribution in [3.05, 3.63) is 24.3 Å². The number of nitrogens with zero attached hydrogens (tertiary/aromatic N) is 1. The molecule has 6 nitrogen and oxygen atoms in total. The predicted octanol–water partition coefficient (Wildman–Crippen LogP) is 2.23. The molecular weight excluding hydrogens is 282 g/mol. The van der Waals surface area contributed by atoms with E-state index in [0.717, 1.165) is 12.8 Å². The highest BCUT2D eigenvalue weighted by Gasteiger charge is 2.20. The highest BCUT2D eigenvalue weighted by Crippen LogP contribution is 2.13. The Balaban J connectivity index is 2.66. The second-order valence-electron chi connectivity index (χ2n) is 5.00. The maximum atomic E-state index is 12.1. The number of hydrogen-bond donors (Lipinski definition) is 2. The van der Waals surface area contributed by atoms with Gasteiger partial charge in [-0.3, -0.25) is 14.4 Å². The lowest BCUT2D eigenvalue weighted by molar-refractivity contribution is -0.143. The number of carbonyl (C=O) groups excluding carboxylic acids is 3. The Morgan fingerprint density at radius 1 is 0.909 bits per heavy atom. The Morgan fingerprint density at radius 2 is 1.36 bits per heavy atom. The van der Waals surface area contributed by atoms with Crippen molar-refractivity contribution in [1.82, 2.24) is 4.90 Å². The van der Waals surface area contributed by atoms with Gasteiger partial charge in [-0.25, -0.2) is 0 Å². The summed E-state index contributed by atoms with van der Waals surface area (Å²) in [5.74, 6) is -1.33. The number of nitrogens with one attached hydrogen (secondary N) is 2. The minimum atomic E-state index is -0.644. The zero-order valence-corrected chi connectivity index (χ0v) is 13.3. The minimum Gasteiger partial charge on any atom is -0.334 e. The number of hydrogen-bond acceptors (Lipinski definition) is 3. The number of benzene rings is 1. The van der Waals surface area contributed by atoms with Crippen molar-refractivity contribution in [2.75, 3.05) is 23.7 Å². The Bertz CT molecular complexity index is 520. The van der Waals surface area contributed by atoms with Gasteiger partial charge in [0.2, 0.25) is 5.91 Å². The van der Waals surface area contributed by atoms with Crippen LogP contribution in [0.1, 0.15) is 33.6 Å². The van der Waals surface area contributed by atoms with Gasteiger partial charge in [0.05, 0.1) is 0 Å². The Morgan fingerprint density at radius 3 is 1.77 bits per heavy atom. The van der Waals surface area contributed by atoms with Crippen LogP contribution in [0, 0.1) is 0 Å². The molecule has 0 saturated carbocycles. The summed E-state index contributed by atoms with van der Waals surface area (Å²) >= 11 is 0. The SMILES string of the molecule is CCCN(CCC)C(=O)C(=O)Nc1ccc(NC(C)=O)cc1. The van der Waals surface area contributed by atoms with Gasteiger partial charge in [-0.2, -0.15) is 0 Å². The quantitative estimate of drug-likeness (QED) is 0.791. The molecule has 1 aromatic carbocycles. The highest BCUT2D eigenvalue weighted by atomic mass is 16.2. The molecule has 0 radical (unpaired) electrons. The van der Waals surface area contributed by atoms with Crippen LogP contribution in [0.3, 0.4) is 0 Å². The summed E-state index contributed by atoms with van der Waals surface area (Å²) in [7, 11) is 0. The van der Waals surface area contributed by atoms with E-state index in [1.807, 2.05) is 13.8 Å². The Labute approximate surface area is 130 Å². The fraction of sp³-hybridized carbons (Fsp3) is 0.438. The summed E-state index contributed by atoms with van der Waals surface area (Å²) in [5.41, 5.74) is 1.15. The van der Waals surface area contributed by atoms with Crippen molar-refractivity contribution in [1.29, 1.82) is 0 Å². The van der Waals surface area contributed by atoms with Crippen LogP contribution >= 0.6 is 0 Å². The van der Waals surface area contributed by atoms with Crippen molar-refractivity contribution in [3.8, 4) is 0 Å². The third kappa shape index (κ3) is 5.55. The first-order chi connectivity index (χ1) is 10.5. The molecular formula is C16H23N3O3. The van der Waals surface area contributed by atoms with Crippen LogP contribution in [-0.2, 0) is 14.4 Å². The average Bonchev–Trinajstić information content (AvgIpc) is 2.47. The van der Waals surface area contributed by atoms with E-state index in [1.165, 1.54) is 6.92 Å². The van der Waals surface area contributed by atoms with Crippen LogP contribution < -0.4 is 10.6 Å². The van der Waals surface area contributed by atoms with Gasteiger partial charge in [0.25, 0.3) is 0 Å². The van der Waals surface area contributed by atoms with E-state index in [0.29, 0.717) is 24.5 Å². The summed E-state index contributed by atoms with van der Waals surface area (Å²) in [6, 6.07) is 6.61. The van der Waals surface area contributed by atoms with Crippen LogP contribution in [0.2, 0.25) is 0 Å². The number of amides is 3. The second kappa shape index (κ2) is 8.81. The van der Waals surface area contributed by atoms with E-state index in [1.54, 1.807) is 29.2 Å². The molecule has 6 heteroatoms. The summed E-state index contributed by atoms with van der Waals surface area (Å²) < 4.78 is 0. The van der Waals surface area contributed by atoms with Crippen LogP contribution in [-0.4, -0.2) is 35.7 Å². The van der Waals surface area contributed by atoms with Gasteiger partial charge in [0.1, 0.15) is 0 Å². The fourth-order valence-corrected chi connectivity index (χ4v) is 2.02. The zero-order valence-electron chi connectivity index (χ0n) is 13.3. The molecule has 0 fully saturated rings. The second-order valence-corrected chi connectivity index (χ2v) is 5.00. The Hall–Kier alpha value is -2.37. The van der Waals surface area contributed by atoms with Gasteiger partial charge in [0.15, 0.2) is 0 Å². The van der Waals surface area contributed by atoms with Gasteiger partial charge < -0.3 is 15.5 Å². The molecule has 3 amide bonds. The van der Waals surface area contributed by atoms with E-state index >= 15 is 0 Å². The van der Waals surface area contributed by atoms with Crippen molar-refractivity contribution in [3.63, 3.8) is 0 Å². The van der Waals surface area contributed by atoms with Crippen molar-refractivity contribution >= 4 is 29.1 Å². The van der Waals surface area contributed by atoms with E-state index in [4.69, 9.17) is 0 Å². The van der Waals surface area contributed by atoms with Gasteiger partial charge in [0, 0.05) is 31.4 Å². The molecule has 0 aliphatic carbocycles. The molecule has 0 aliphatic rings. The maximum Gasteiger partial charge on any atom is 0.313 e. The topological polar surface area (TPSA) is 78.5 Å². The Kier molecular flexibility index (Phi) is 7.08. The fourth-order valence-electron chi connectivity index (χ4n) is 2.02. The third-order valence-corrected chi connectivity index (χ3v) is 2.93. The zero-order chi connectivity index (χ0) is 16.5. The van der Waals surface area contributed by atoms with Crippen LogP contribution in [0.15, 0.2) is 24.3 Å².